The number of likely N-dealkylation sites (tertiary alicyclic amines) is 1. The normalized spacial score (nSPS) is 21.9. The number of amides is 1. The lowest BCUT2D eigenvalue weighted by Gasteiger charge is -2.44. The molecule has 0 saturated carbocycles. The van der Waals surface area contributed by atoms with Crippen molar-refractivity contribution in [2.24, 2.45) is 0 Å². The van der Waals surface area contributed by atoms with Crippen molar-refractivity contribution in [2.45, 2.75) is 38.3 Å². The first-order valence-corrected chi connectivity index (χ1v) is 6.80. The Morgan fingerprint density at radius 3 is 2.84 bits per heavy atom. The molecule has 0 atom stereocenters. The Morgan fingerprint density at radius 1 is 1.42 bits per heavy atom. The quantitative estimate of drug-likeness (QED) is 0.843. The second-order valence-corrected chi connectivity index (χ2v) is 5.54. The minimum Gasteiger partial charge on any atom is -0.438 e. The molecule has 1 aromatic rings. The summed E-state index contributed by atoms with van der Waals surface area (Å²) in [6.07, 6.45) is 2.97. The highest BCUT2D eigenvalue weighted by Gasteiger charge is 2.45. The van der Waals surface area contributed by atoms with Crippen molar-refractivity contribution in [3.05, 3.63) is 23.9 Å². The fourth-order valence-electron chi connectivity index (χ4n) is 3.00. The fourth-order valence-corrected chi connectivity index (χ4v) is 3.00. The van der Waals surface area contributed by atoms with Crippen molar-refractivity contribution in [1.82, 2.24) is 9.88 Å². The highest BCUT2D eigenvalue weighted by Crippen LogP contribution is 2.42. The van der Waals surface area contributed by atoms with E-state index in [0.717, 1.165) is 31.5 Å². The summed E-state index contributed by atoms with van der Waals surface area (Å²) in [6.45, 7) is 6.28. The number of hydrogen-bond donors (Lipinski definition) is 1. The molecule has 5 nitrogen and oxygen atoms in total. The second kappa shape index (κ2) is 4.49. The molecule has 1 fully saturated rings. The van der Waals surface area contributed by atoms with Crippen LogP contribution in [0.4, 0.5) is 10.6 Å². The number of fused-ring (bicyclic) bond motifs is 2. The van der Waals surface area contributed by atoms with Crippen molar-refractivity contribution in [1.29, 1.82) is 0 Å². The van der Waals surface area contributed by atoms with E-state index in [0.29, 0.717) is 11.9 Å². The van der Waals surface area contributed by atoms with Crippen LogP contribution in [0.5, 0.6) is 0 Å². The Bertz CT molecular complexity index is 493. The lowest BCUT2D eigenvalue weighted by Crippen LogP contribution is -2.50. The third kappa shape index (κ3) is 2.08. The predicted octanol–water partition coefficient (Wildman–Crippen LogP) is 2.34. The van der Waals surface area contributed by atoms with Gasteiger partial charge in [-0.15, -0.1) is 0 Å². The second-order valence-electron chi connectivity index (χ2n) is 5.54. The number of aromatic nitrogens is 1. The fraction of sp³-hybridized carbons (Fsp3) is 0.571. The Morgan fingerprint density at radius 2 is 2.16 bits per heavy atom. The summed E-state index contributed by atoms with van der Waals surface area (Å²) < 4.78 is 5.65. The molecule has 19 heavy (non-hydrogen) atoms. The zero-order valence-corrected chi connectivity index (χ0v) is 11.3. The summed E-state index contributed by atoms with van der Waals surface area (Å²) in [7, 11) is 0. The van der Waals surface area contributed by atoms with E-state index < -0.39 is 5.60 Å². The SMILES string of the molecule is CC(C)N1CCC2(CC1)OC(=O)Nc1ncccc12. The highest BCUT2D eigenvalue weighted by molar-refractivity contribution is 5.87. The number of hydrogen-bond acceptors (Lipinski definition) is 4. The molecule has 0 bridgehead atoms. The first-order chi connectivity index (χ1) is 9.11. The van der Waals surface area contributed by atoms with Crippen molar-refractivity contribution in [3.8, 4) is 0 Å². The van der Waals surface area contributed by atoms with E-state index >= 15 is 0 Å². The lowest BCUT2D eigenvalue weighted by atomic mass is 9.83. The standard InChI is InChI=1S/C14H19N3O2/c1-10(2)17-8-5-14(6-9-17)11-4-3-7-15-12(11)16-13(18)19-14/h3-4,7,10H,5-6,8-9H2,1-2H3,(H,15,16,18). The molecular formula is C14H19N3O2. The van der Waals surface area contributed by atoms with Gasteiger partial charge in [-0.1, -0.05) is 0 Å². The number of carbonyl (C=O) groups excluding carboxylic acids is 1. The van der Waals surface area contributed by atoms with E-state index in [4.69, 9.17) is 4.74 Å². The Hall–Kier alpha value is -1.62. The van der Waals surface area contributed by atoms with Crippen LogP contribution in [-0.2, 0) is 10.3 Å². The number of ether oxygens (including phenoxy) is 1. The maximum atomic E-state index is 11.7. The van der Waals surface area contributed by atoms with Gasteiger partial charge in [-0.3, -0.25) is 5.32 Å². The van der Waals surface area contributed by atoms with E-state index in [1.54, 1.807) is 6.20 Å². The van der Waals surface area contributed by atoms with Crippen LogP contribution in [0.1, 0.15) is 32.3 Å². The van der Waals surface area contributed by atoms with Gasteiger partial charge in [0.05, 0.1) is 0 Å². The van der Waals surface area contributed by atoms with Gasteiger partial charge in [-0.05, 0) is 26.0 Å². The molecule has 5 heteroatoms. The number of carbonyl (C=O) groups is 1. The molecule has 1 amide bonds. The third-order valence-corrected chi connectivity index (χ3v) is 4.14. The highest BCUT2D eigenvalue weighted by atomic mass is 16.6. The monoisotopic (exact) mass is 261 g/mol. The summed E-state index contributed by atoms with van der Waals surface area (Å²) in [5, 5.41) is 2.68. The molecule has 3 rings (SSSR count). The maximum absolute atomic E-state index is 11.7. The van der Waals surface area contributed by atoms with E-state index in [2.05, 4.69) is 29.0 Å². The van der Waals surface area contributed by atoms with Gasteiger partial charge in [0.25, 0.3) is 0 Å². The van der Waals surface area contributed by atoms with Crippen LogP contribution in [-0.4, -0.2) is 35.1 Å². The van der Waals surface area contributed by atoms with Crippen molar-refractivity contribution in [3.63, 3.8) is 0 Å². The zero-order chi connectivity index (χ0) is 13.5. The van der Waals surface area contributed by atoms with Gasteiger partial charge in [0.15, 0.2) is 0 Å². The van der Waals surface area contributed by atoms with Crippen LogP contribution < -0.4 is 5.32 Å². The summed E-state index contributed by atoms with van der Waals surface area (Å²) in [5.41, 5.74) is 0.523. The number of anilines is 1. The molecule has 0 unspecified atom stereocenters. The van der Waals surface area contributed by atoms with Crippen LogP contribution in [0, 0.1) is 0 Å². The smallest absolute Gasteiger partial charge is 0.413 e. The van der Waals surface area contributed by atoms with Gasteiger partial charge in [0.2, 0.25) is 0 Å². The van der Waals surface area contributed by atoms with Crippen LogP contribution in [0.15, 0.2) is 18.3 Å². The molecule has 0 aliphatic carbocycles. The summed E-state index contributed by atoms with van der Waals surface area (Å²) >= 11 is 0. The topological polar surface area (TPSA) is 54.5 Å². The van der Waals surface area contributed by atoms with Crippen molar-refractivity contribution >= 4 is 11.9 Å². The van der Waals surface area contributed by atoms with Gasteiger partial charge in [-0.2, -0.15) is 0 Å². The molecule has 2 aliphatic rings. The minimum atomic E-state index is -0.489. The third-order valence-electron chi connectivity index (χ3n) is 4.14. The summed E-state index contributed by atoms with van der Waals surface area (Å²) in [4.78, 5) is 18.4. The van der Waals surface area contributed by atoms with Crippen LogP contribution in [0.3, 0.4) is 0 Å². The van der Waals surface area contributed by atoms with Crippen molar-refractivity contribution in [2.75, 3.05) is 18.4 Å². The Kier molecular flexibility index (Phi) is 2.93. The average Bonchev–Trinajstić information content (AvgIpc) is 2.39. The molecule has 0 aromatic carbocycles. The van der Waals surface area contributed by atoms with Crippen LogP contribution in [0.2, 0.25) is 0 Å². The molecule has 1 N–H and O–H groups in total. The van der Waals surface area contributed by atoms with Gasteiger partial charge >= 0.3 is 6.09 Å². The van der Waals surface area contributed by atoms with Crippen LogP contribution >= 0.6 is 0 Å². The van der Waals surface area contributed by atoms with Crippen LogP contribution in [0.25, 0.3) is 0 Å². The molecule has 1 spiro atoms. The van der Waals surface area contributed by atoms with Gasteiger partial charge < -0.3 is 9.64 Å². The number of nitrogens with zero attached hydrogens (tertiary/aromatic N) is 2. The lowest BCUT2D eigenvalue weighted by molar-refractivity contribution is -0.0434. The number of piperidine rings is 1. The Labute approximate surface area is 113 Å². The van der Waals surface area contributed by atoms with E-state index in [1.807, 2.05) is 12.1 Å². The first-order valence-electron chi connectivity index (χ1n) is 6.80. The van der Waals surface area contributed by atoms with Gasteiger partial charge in [0.1, 0.15) is 11.4 Å². The molecule has 1 saturated heterocycles. The largest absolute Gasteiger partial charge is 0.438 e. The van der Waals surface area contributed by atoms with Gasteiger partial charge in [-0.25, -0.2) is 9.78 Å². The molecule has 0 radical (unpaired) electrons. The molecule has 2 aliphatic heterocycles. The van der Waals surface area contributed by atoms with E-state index in [1.165, 1.54) is 0 Å². The number of pyridine rings is 1. The number of rotatable bonds is 1. The van der Waals surface area contributed by atoms with E-state index in [-0.39, 0.29) is 6.09 Å². The average molecular weight is 261 g/mol. The summed E-state index contributed by atoms with van der Waals surface area (Å²) in [5.74, 6) is 0.650. The minimum absolute atomic E-state index is 0.385. The number of nitrogens with one attached hydrogen (secondary N) is 1. The molecule has 1 aromatic heterocycles. The predicted molar refractivity (Wildman–Crippen MR) is 72.0 cm³/mol. The maximum Gasteiger partial charge on any atom is 0.413 e. The molecular weight excluding hydrogens is 242 g/mol. The van der Waals surface area contributed by atoms with Gasteiger partial charge in [0, 0.05) is 43.7 Å². The zero-order valence-electron chi connectivity index (χ0n) is 11.3. The molecule has 3 heterocycles. The molecule has 102 valence electrons. The van der Waals surface area contributed by atoms with E-state index in [9.17, 15) is 4.79 Å². The Balaban J connectivity index is 1.91. The first kappa shape index (κ1) is 12.4. The summed E-state index contributed by atoms with van der Waals surface area (Å²) in [6, 6.07) is 4.44. The van der Waals surface area contributed by atoms with Crippen molar-refractivity contribution < 1.29 is 9.53 Å².